The van der Waals surface area contributed by atoms with Crippen molar-refractivity contribution in [2.45, 2.75) is 63.6 Å². The molecule has 3 aliphatic rings. The predicted molar refractivity (Wildman–Crippen MR) is 123 cm³/mol. The molecule has 7 nitrogen and oxygen atoms in total. The maximum absolute atomic E-state index is 10.8. The highest BCUT2D eigenvalue weighted by atomic mass is 32.3. The Morgan fingerprint density at radius 2 is 2.03 bits per heavy atom. The van der Waals surface area contributed by atoms with E-state index in [-0.39, 0.29) is 6.04 Å². The molecule has 0 radical (unpaired) electrons. The fourth-order valence-corrected chi connectivity index (χ4v) is 6.74. The number of hydrogen-bond donors (Lipinski definition) is 3. The van der Waals surface area contributed by atoms with Crippen molar-refractivity contribution in [2.75, 3.05) is 10.8 Å². The summed E-state index contributed by atoms with van der Waals surface area (Å²) in [6, 6.07) is 6.24. The largest absolute Gasteiger partial charge is 0.508 e. The number of anilines is 1. The Morgan fingerprint density at radius 3 is 2.74 bits per heavy atom. The molecule has 1 saturated carbocycles. The number of nitrogens with zero attached hydrogens (tertiary/aromatic N) is 4. The molecule has 166 valence electrons. The number of aromatic nitrogens is 2. The number of phenols is 1. The predicted octanol–water partition coefficient (Wildman–Crippen LogP) is 4.79. The lowest BCUT2D eigenvalue weighted by molar-refractivity contribution is 0.119. The molecule has 2 aromatic rings. The van der Waals surface area contributed by atoms with Crippen LogP contribution in [0.1, 0.15) is 55.3 Å². The third kappa shape index (κ3) is 3.82. The van der Waals surface area contributed by atoms with Crippen LogP contribution in [-0.4, -0.2) is 47.2 Å². The molecule has 1 saturated heterocycles. The van der Waals surface area contributed by atoms with Crippen molar-refractivity contribution in [3.05, 3.63) is 58.9 Å². The molecule has 0 bridgehead atoms. The summed E-state index contributed by atoms with van der Waals surface area (Å²) in [4.78, 5) is 11.2. The first-order valence-electron chi connectivity index (χ1n) is 10.9. The van der Waals surface area contributed by atoms with Crippen molar-refractivity contribution in [2.24, 2.45) is 0 Å². The molecule has 0 amide bonds. The van der Waals surface area contributed by atoms with Crippen LogP contribution < -0.4 is 4.31 Å². The highest BCUT2D eigenvalue weighted by Gasteiger charge is 2.50. The lowest BCUT2D eigenvalue weighted by atomic mass is 9.83. The lowest BCUT2D eigenvalue weighted by Gasteiger charge is -2.51. The molecule has 2 atom stereocenters. The molecule has 0 unspecified atom stereocenters. The molecule has 3 heterocycles. The first-order chi connectivity index (χ1) is 14.8. The van der Waals surface area contributed by atoms with Crippen LogP contribution in [0.3, 0.4) is 0 Å². The summed E-state index contributed by atoms with van der Waals surface area (Å²) >= 11 is 0. The highest BCUT2D eigenvalue weighted by Crippen LogP contribution is 2.59. The van der Waals surface area contributed by atoms with Gasteiger partial charge in [-0.15, -0.1) is 0 Å². The van der Waals surface area contributed by atoms with Gasteiger partial charge >= 0.3 is 0 Å². The minimum absolute atomic E-state index is 0.241. The van der Waals surface area contributed by atoms with Crippen molar-refractivity contribution < 1.29 is 14.2 Å². The highest BCUT2D eigenvalue weighted by molar-refractivity contribution is 8.28. The van der Waals surface area contributed by atoms with Crippen LogP contribution in [0, 0.1) is 6.92 Å². The summed E-state index contributed by atoms with van der Waals surface area (Å²) in [5, 5.41) is 11.7. The molecule has 1 aliphatic carbocycles. The van der Waals surface area contributed by atoms with E-state index in [4.69, 9.17) is 0 Å². The number of aryl methyl sites for hydroxylation is 1. The normalized spacial score (nSPS) is 28.9. The second kappa shape index (κ2) is 7.48. The zero-order valence-corrected chi connectivity index (χ0v) is 18.8. The van der Waals surface area contributed by atoms with Crippen LogP contribution in [0.5, 0.6) is 5.75 Å². The van der Waals surface area contributed by atoms with Crippen molar-refractivity contribution in [1.82, 2.24) is 14.9 Å². The van der Waals surface area contributed by atoms with E-state index >= 15 is 0 Å². The SMILES string of the molecule is Cc1cncc(N2[C@]3(C=CS2(O)O)CCN(Cc2ccc(O)c(C4CC4)c2)[C@@H](C)C3)n1. The molecule has 2 fully saturated rings. The molecule has 5 rings (SSSR count). The van der Waals surface area contributed by atoms with Crippen LogP contribution in [0.4, 0.5) is 5.82 Å². The number of phenolic OH excluding ortho intramolecular Hbond substituents is 1. The fourth-order valence-electron chi connectivity index (χ4n) is 5.06. The van der Waals surface area contributed by atoms with Gasteiger partial charge in [-0.1, -0.05) is 22.9 Å². The summed E-state index contributed by atoms with van der Waals surface area (Å²) in [5.74, 6) is 1.44. The van der Waals surface area contributed by atoms with Crippen LogP contribution in [-0.2, 0) is 6.54 Å². The van der Waals surface area contributed by atoms with Gasteiger partial charge in [-0.3, -0.25) is 19.0 Å². The van der Waals surface area contributed by atoms with Gasteiger partial charge in [0.1, 0.15) is 5.75 Å². The van der Waals surface area contributed by atoms with Crippen molar-refractivity contribution >= 4 is 16.6 Å². The molecule has 2 aliphatic heterocycles. The Hall–Kier alpha value is -2.13. The first-order valence-corrected chi connectivity index (χ1v) is 12.5. The second-order valence-electron chi connectivity index (χ2n) is 9.22. The summed E-state index contributed by atoms with van der Waals surface area (Å²) in [7, 11) is -3.07. The zero-order chi connectivity index (χ0) is 21.8. The van der Waals surface area contributed by atoms with E-state index in [9.17, 15) is 14.2 Å². The van der Waals surface area contributed by atoms with Crippen LogP contribution in [0.2, 0.25) is 0 Å². The van der Waals surface area contributed by atoms with Gasteiger partial charge < -0.3 is 5.11 Å². The molecule has 8 heteroatoms. The standard InChI is InChI=1S/C23H30N4O3S/c1-16-13-24-14-22(25-16)27-23(8-10-31(27,29)30)7-9-26(17(2)12-23)15-18-3-6-21(28)20(11-18)19-4-5-19/h3,6,8,10-11,13-14,17,19,28-30H,4-5,7,9,12,15H2,1-2H3/t17-,23-/m0/s1. The second-order valence-corrected chi connectivity index (χ2v) is 11.0. The molecule has 1 aromatic heterocycles. The van der Waals surface area contributed by atoms with Crippen molar-refractivity contribution in [3.8, 4) is 5.75 Å². The van der Waals surface area contributed by atoms with Gasteiger partial charge in [0.2, 0.25) is 0 Å². The lowest BCUT2D eigenvalue weighted by Crippen LogP contribution is -2.55. The average molecular weight is 443 g/mol. The van der Waals surface area contributed by atoms with E-state index in [2.05, 4.69) is 27.9 Å². The summed E-state index contributed by atoms with van der Waals surface area (Å²) < 4.78 is 23.3. The third-order valence-electron chi connectivity index (χ3n) is 6.78. The number of benzene rings is 1. The summed E-state index contributed by atoms with van der Waals surface area (Å²) in [5.41, 5.74) is 2.57. The number of likely N-dealkylation sites (tertiary alicyclic amines) is 1. The van der Waals surface area contributed by atoms with E-state index in [1.54, 1.807) is 22.1 Å². The van der Waals surface area contributed by atoms with E-state index in [1.807, 2.05) is 25.1 Å². The van der Waals surface area contributed by atoms with Gasteiger partial charge in [0.25, 0.3) is 0 Å². The molecule has 1 spiro atoms. The molecular weight excluding hydrogens is 412 g/mol. The molecule has 3 N–H and O–H groups in total. The third-order valence-corrected chi connectivity index (χ3v) is 8.37. The van der Waals surface area contributed by atoms with Gasteiger partial charge in [-0.2, -0.15) is 0 Å². The Kier molecular flexibility index (Phi) is 5.01. The minimum Gasteiger partial charge on any atom is -0.508 e. The number of hydrogen-bond acceptors (Lipinski definition) is 7. The van der Waals surface area contributed by atoms with Gasteiger partial charge in [0.05, 0.1) is 17.4 Å². The Labute approximate surface area is 184 Å². The summed E-state index contributed by atoms with van der Waals surface area (Å²) in [6.07, 6.45) is 9.11. The molecule has 31 heavy (non-hydrogen) atoms. The Morgan fingerprint density at radius 1 is 1.23 bits per heavy atom. The quantitative estimate of drug-likeness (QED) is 0.627. The zero-order valence-electron chi connectivity index (χ0n) is 18.0. The van der Waals surface area contributed by atoms with Gasteiger partial charge in [0, 0.05) is 30.7 Å². The number of aromatic hydroxyl groups is 1. The minimum atomic E-state index is -3.07. The van der Waals surface area contributed by atoms with Crippen molar-refractivity contribution in [1.29, 1.82) is 0 Å². The van der Waals surface area contributed by atoms with Gasteiger partial charge in [-0.25, -0.2) is 9.29 Å². The van der Waals surface area contributed by atoms with E-state index < -0.39 is 16.3 Å². The maximum Gasteiger partial charge on any atom is 0.166 e. The topological polar surface area (TPSA) is 93.0 Å². The summed E-state index contributed by atoms with van der Waals surface area (Å²) in [6.45, 7) is 5.70. The monoisotopic (exact) mass is 442 g/mol. The van der Waals surface area contributed by atoms with Crippen LogP contribution >= 0.6 is 10.8 Å². The van der Waals surface area contributed by atoms with Crippen LogP contribution in [0.15, 0.2) is 42.1 Å². The molecular formula is C23H30N4O3S. The van der Waals surface area contributed by atoms with Gasteiger partial charge in [0.15, 0.2) is 5.82 Å². The number of piperidine rings is 1. The van der Waals surface area contributed by atoms with Gasteiger partial charge in [-0.05, 0) is 68.7 Å². The average Bonchev–Trinajstić information content (AvgIpc) is 3.52. The maximum atomic E-state index is 10.8. The van der Waals surface area contributed by atoms with E-state index in [0.29, 0.717) is 17.5 Å². The molecule has 1 aromatic carbocycles. The van der Waals surface area contributed by atoms with E-state index in [1.165, 1.54) is 5.56 Å². The van der Waals surface area contributed by atoms with E-state index in [0.717, 1.165) is 50.0 Å². The van der Waals surface area contributed by atoms with Crippen LogP contribution in [0.25, 0.3) is 0 Å². The number of rotatable bonds is 4. The fraction of sp³-hybridized carbons (Fsp3) is 0.478. The first kappa shape index (κ1) is 20.8. The Bertz CT molecular complexity index is 1030. The smallest absolute Gasteiger partial charge is 0.166 e. The van der Waals surface area contributed by atoms with Crippen molar-refractivity contribution in [3.63, 3.8) is 0 Å². The Balaban J connectivity index is 1.36.